The predicted octanol–water partition coefficient (Wildman–Crippen LogP) is 4.31. The van der Waals surface area contributed by atoms with E-state index < -0.39 is 0 Å². The molecule has 0 fully saturated rings. The van der Waals surface area contributed by atoms with Gasteiger partial charge < -0.3 is 9.36 Å². The van der Waals surface area contributed by atoms with Gasteiger partial charge in [-0.3, -0.25) is 0 Å². The van der Waals surface area contributed by atoms with Crippen LogP contribution < -0.4 is 0 Å². The Morgan fingerprint density at radius 1 is 1.14 bits per heavy atom. The molecule has 0 radical (unpaired) electrons. The van der Waals surface area contributed by atoms with E-state index in [-0.39, 0.29) is 5.92 Å². The number of hydrogen-bond donors (Lipinski definition) is 0. The van der Waals surface area contributed by atoms with Crippen LogP contribution in [0.2, 0.25) is 0 Å². The van der Waals surface area contributed by atoms with Crippen molar-refractivity contribution in [2.75, 3.05) is 0 Å². The molecule has 120 valence electrons. The van der Waals surface area contributed by atoms with Crippen molar-refractivity contribution < 1.29 is 4.79 Å². The smallest absolute Gasteiger partial charge is 0.136 e. The highest BCUT2D eigenvalue weighted by Crippen LogP contribution is 2.25. The van der Waals surface area contributed by atoms with Gasteiger partial charge in [0.05, 0.1) is 0 Å². The van der Waals surface area contributed by atoms with Gasteiger partial charge in [-0.05, 0) is 25.7 Å². The molecule has 0 spiro atoms. The lowest BCUT2D eigenvalue weighted by Gasteiger charge is -2.20. The second-order valence-electron chi connectivity index (χ2n) is 6.57. The van der Waals surface area contributed by atoms with Crippen LogP contribution in [0, 0.1) is 5.92 Å². The van der Waals surface area contributed by atoms with E-state index in [1.165, 1.54) is 6.42 Å². The molecule has 2 atom stereocenters. The molecule has 0 bridgehead atoms. The van der Waals surface area contributed by atoms with Gasteiger partial charge in [0.2, 0.25) is 0 Å². The quantitative estimate of drug-likeness (QED) is 0.604. The van der Waals surface area contributed by atoms with E-state index >= 15 is 0 Å². The van der Waals surface area contributed by atoms with Crippen LogP contribution in [-0.2, 0) is 11.2 Å². The topological polar surface area (TPSA) is 47.8 Å². The van der Waals surface area contributed by atoms with Crippen LogP contribution in [-0.4, -0.2) is 21.1 Å². The van der Waals surface area contributed by atoms with Gasteiger partial charge >= 0.3 is 0 Å². The SMILES string of the molecule is CCCC(C)n1c(CCCC(C)C)nnc1C(C)CC=O. The number of rotatable bonds is 10. The molecule has 0 N–H and O–H groups in total. The van der Waals surface area contributed by atoms with Crippen LogP contribution in [0.5, 0.6) is 0 Å². The lowest BCUT2D eigenvalue weighted by Crippen LogP contribution is -2.15. The highest BCUT2D eigenvalue weighted by atomic mass is 16.1. The Hall–Kier alpha value is -1.19. The van der Waals surface area contributed by atoms with E-state index in [9.17, 15) is 4.79 Å². The molecule has 0 saturated heterocycles. The summed E-state index contributed by atoms with van der Waals surface area (Å²) in [6.45, 7) is 11.0. The number of hydrogen-bond acceptors (Lipinski definition) is 3. The molecule has 0 aliphatic heterocycles. The molecule has 1 rings (SSSR count). The van der Waals surface area contributed by atoms with E-state index in [1.807, 2.05) is 0 Å². The largest absolute Gasteiger partial charge is 0.312 e. The summed E-state index contributed by atoms with van der Waals surface area (Å²) in [5.74, 6) is 2.93. The molecule has 1 aromatic rings. The minimum atomic E-state index is 0.146. The Morgan fingerprint density at radius 2 is 1.86 bits per heavy atom. The molecule has 0 amide bonds. The third kappa shape index (κ3) is 5.25. The molecular weight excluding hydrogens is 262 g/mol. The Morgan fingerprint density at radius 3 is 2.43 bits per heavy atom. The third-order valence-corrected chi connectivity index (χ3v) is 4.01. The predicted molar refractivity (Wildman–Crippen MR) is 86.5 cm³/mol. The van der Waals surface area contributed by atoms with Gasteiger partial charge in [-0.15, -0.1) is 10.2 Å². The number of aryl methyl sites for hydroxylation is 1. The van der Waals surface area contributed by atoms with Crippen LogP contribution in [0.25, 0.3) is 0 Å². The summed E-state index contributed by atoms with van der Waals surface area (Å²) >= 11 is 0. The zero-order valence-corrected chi connectivity index (χ0v) is 14.3. The molecule has 0 aliphatic carbocycles. The molecule has 4 heteroatoms. The molecule has 0 aliphatic rings. The Bertz CT molecular complexity index is 426. The van der Waals surface area contributed by atoms with Crippen molar-refractivity contribution in [2.24, 2.45) is 5.92 Å². The molecule has 4 nitrogen and oxygen atoms in total. The normalized spacial score (nSPS) is 14.4. The van der Waals surface area contributed by atoms with Gasteiger partial charge in [-0.25, -0.2) is 0 Å². The Labute approximate surface area is 129 Å². The van der Waals surface area contributed by atoms with Gasteiger partial charge in [0.25, 0.3) is 0 Å². The first-order valence-electron chi connectivity index (χ1n) is 8.38. The zero-order valence-electron chi connectivity index (χ0n) is 14.3. The summed E-state index contributed by atoms with van der Waals surface area (Å²) in [6, 6.07) is 0.406. The molecule has 1 aromatic heterocycles. The first-order valence-corrected chi connectivity index (χ1v) is 8.38. The maximum atomic E-state index is 10.8. The molecular formula is C17H31N3O. The maximum Gasteiger partial charge on any atom is 0.136 e. The van der Waals surface area contributed by atoms with Crippen molar-refractivity contribution in [3.63, 3.8) is 0 Å². The molecule has 2 unspecified atom stereocenters. The van der Waals surface area contributed by atoms with Crippen molar-refractivity contribution in [1.29, 1.82) is 0 Å². The van der Waals surface area contributed by atoms with E-state index in [2.05, 4.69) is 49.4 Å². The average Bonchev–Trinajstić information content (AvgIpc) is 2.83. The number of carbonyl (C=O) groups is 1. The van der Waals surface area contributed by atoms with Gasteiger partial charge in [0.15, 0.2) is 0 Å². The van der Waals surface area contributed by atoms with Gasteiger partial charge in [0, 0.05) is 24.8 Å². The number of carbonyl (C=O) groups excluding carboxylic acids is 1. The standard InChI is InChI=1S/C17H31N3O/c1-6-8-15(5)20-16(10-7-9-13(2)3)18-19-17(20)14(4)11-12-21/h12-15H,6-11H2,1-5H3. The van der Waals surface area contributed by atoms with Crippen LogP contribution in [0.1, 0.15) is 90.3 Å². The van der Waals surface area contributed by atoms with Gasteiger partial charge in [-0.2, -0.15) is 0 Å². The summed E-state index contributed by atoms with van der Waals surface area (Å²) < 4.78 is 2.29. The summed E-state index contributed by atoms with van der Waals surface area (Å²) in [5, 5.41) is 8.81. The Kier molecular flexibility index (Phi) is 7.62. The van der Waals surface area contributed by atoms with Crippen molar-refractivity contribution in [1.82, 2.24) is 14.8 Å². The van der Waals surface area contributed by atoms with Crippen molar-refractivity contribution in [3.05, 3.63) is 11.6 Å². The van der Waals surface area contributed by atoms with Crippen LogP contribution >= 0.6 is 0 Å². The van der Waals surface area contributed by atoms with Crippen molar-refractivity contribution in [3.8, 4) is 0 Å². The fourth-order valence-corrected chi connectivity index (χ4v) is 2.79. The lowest BCUT2D eigenvalue weighted by molar-refractivity contribution is -0.108. The fraction of sp³-hybridized carbons (Fsp3) is 0.824. The van der Waals surface area contributed by atoms with E-state index in [0.717, 1.165) is 49.5 Å². The zero-order chi connectivity index (χ0) is 15.8. The first kappa shape index (κ1) is 17.9. The molecule has 1 heterocycles. The minimum absolute atomic E-state index is 0.146. The first-order chi connectivity index (χ1) is 10.0. The lowest BCUT2D eigenvalue weighted by atomic mass is 10.0. The summed E-state index contributed by atoms with van der Waals surface area (Å²) in [6.07, 6.45) is 7.11. The van der Waals surface area contributed by atoms with Crippen molar-refractivity contribution >= 4 is 6.29 Å². The maximum absolute atomic E-state index is 10.8. The summed E-state index contributed by atoms with van der Waals surface area (Å²) in [5.41, 5.74) is 0. The highest BCUT2D eigenvalue weighted by molar-refractivity contribution is 5.50. The molecule has 21 heavy (non-hydrogen) atoms. The number of aldehydes is 1. The summed E-state index contributed by atoms with van der Waals surface area (Å²) in [7, 11) is 0. The summed E-state index contributed by atoms with van der Waals surface area (Å²) in [4.78, 5) is 10.8. The second kappa shape index (κ2) is 8.96. The van der Waals surface area contributed by atoms with E-state index in [1.54, 1.807) is 0 Å². The monoisotopic (exact) mass is 293 g/mol. The molecule has 0 aromatic carbocycles. The van der Waals surface area contributed by atoms with Gasteiger partial charge in [-0.1, -0.05) is 40.5 Å². The van der Waals surface area contributed by atoms with Crippen molar-refractivity contribution in [2.45, 2.75) is 85.1 Å². The number of nitrogens with zero attached hydrogens (tertiary/aromatic N) is 3. The molecule has 0 saturated carbocycles. The number of aromatic nitrogens is 3. The fourth-order valence-electron chi connectivity index (χ4n) is 2.79. The third-order valence-electron chi connectivity index (χ3n) is 4.01. The minimum Gasteiger partial charge on any atom is -0.312 e. The van der Waals surface area contributed by atoms with Gasteiger partial charge in [0.1, 0.15) is 17.9 Å². The Balaban J connectivity index is 2.93. The van der Waals surface area contributed by atoms with E-state index in [0.29, 0.717) is 12.5 Å². The second-order valence-corrected chi connectivity index (χ2v) is 6.57. The average molecular weight is 293 g/mol. The van der Waals surface area contributed by atoms with Crippen LogP contribution in [0.15, 0.2) is 0 Å². The van der Waals surface area contributed by atoms with Crippen LogP contribution in [0.3, 0.4) is 0 Å². The highest BCUT2D eigenvalue weighted by Gasteiger charge is 2.20. The van der Waals surface area contributed by atoms with E-state index in [4.69, 9.17) is 0 Å². The van der Waals surface area contributed by atoms with Crippen LogP contribution in [0.4, 0.5) is 0 Å².